The third-order valence-electron chi connectivity index (χ3n) is 7.55. The first-order valence-corrected chi connectivity index (χ1v) is 15.0. The first-order valence-electron chi connectivity index (χ1n) is 15.0. The maximum atomic E-state index is 13.8. The summed E-state index contributed by atoms with van der Waals surface area (Å²) in [4.78, 5) is 20.7. The minimum atomic E-state index is 0.0197. The number of hydrogen-bond donors (Lipinski definition) is 3. The van der Waals surface area contributed by atoms with Crippen molar-refractivity contribution in [2.24, 2.45) is 11.5 Å². The van der Waals surface area contributed by atoms with Crippen LogP contribution in [-0.2, 0) is 37.2 Å². The molecule has 0 saturated heterocycles. The molecule has 222 valence electrons. The molecule has 1 heterocycles. The van der Waals surface area contributed by atoms with Crippen LogP contribution >= 0.6 is 0 Å². The average Bonchev–Trinajstić information content (AvgIpc) is 3.36. The number of rotatable bonds is 16. The van der Waals surface area contributed by atoms with E-state index in [9.17, 15) is 4.79 Å². The van der Waals surface area contributed by atoms with Gasteiger partial charge in [-0.3, -0.25) is 10.2 Å². The van der Waals surface area contributed by atoms with Gasteiger partial charge in [0.2, 0.25) is 0 Å². The third-order valence-corrected chi connectivity index (χ3v) is 7.55. The van der Waals surface area contributed by atoms with E-state index in [1.54, 1.807) is 0 Å². The number of hydrogen-bond acceptors (Lipinski definition) is 5. The number of nitrogens with zero attached hydrogens (tertiary/aromatic N) is 3. The highest BCUT2D eigenvalue weighted by molar-refractivity contribution is 5.97. The predicted molar refractivity (Wildman–Crippen MR) is 170 cm³/mol. The van der Waals surface area contributed by atoms with Gasteiger partial charge in [0.15, 0.2) is 0 Å². The summed E-state index contributed by atoms with van der Waals surface area (Å²) in [7, 11) is 0. The van der Waals surface area contributed by atoms with Crippen LogP contribution in [0.5, 0.6) is 0 Å². The summed E-state index contributed by atoms with van der Waals surface area (Å²) >= 11 is 0. The second-order valence-corrected chi connectivity index (χ2v) is 10.6. The molecule has 4 rings (SSSR count). The van der Waals surface area contributed by atoms with Gasteiger partial charge < -0.3 is 25.7 Å². The van der Waals surface area contributed by atoms with Crippen molar-refractivity contribution in [3.05, 3.63) is 100 Å². The van der Waals surface area contributed by atoms with Crippen LogP contribution in [0.3, 0.4) is 0 Å². The lowest BCUT2D eigenvalue weighted by molar-refractivity contribution is 0.0741. The van der Waals surface area contributed by atoms with E-state index >= 15 is 0 Å². The molecule has 0 saturated carbocycles. The fraction of sp³-hybridized carbons (Fsp3) is 0.382. The fourth-order valence-corrected chi connectivity index (χ4v) is 5.11. The molecule has 0 fully saturated rings. The molecule has 5 N–H and O–H groups in total. The van der Waals surface area contributed by atoms with Crippen molar-refractivity contribution >= 4 is 22.8 Å². The highest BCUT2D eigenvalue weighted by atomic mass is 16.5. The molecule has 0 bridgehead atoms. The Morgan fingerprint density at radius 2 is 1.62 bits per heavy atom. The van der Waals surface area contributed by atoms with Crippen LogP contribution in [0.1, 0.15) is 71.5 Å². The summed E-state index contributed by atoms with van der Waals surface area (Å²) in [6, 6.07) is 21.9. The number of nitrogens with two attached hydrogens (primary N) is 2. The molecular weight excluding hydrogens is 524 g/mol. The molecule has 0 unspecified atom stereocenters. The van der Waals surface area contributed by atoms with Crippen LogP contribution < -0.4 is 11.5 Å². The van der Waals surface area contributed by atoms with E-state index in [0.29, 0.717) is 38.4 Å². The summed E-state index contributed by atoms with van der Waals surface area (Å²) in [6.07, 6.45) is 4.41. The molecule has 4 aromatic rings. The van der Waals surface area contributed by atoms with Gasteiger partial charge in [0.25, 0.3) is 5.91 Å². The number of imidazole rings is 1. The standard InChI is InChI=1S/C34H44N6O2/c1-3-5-19-39(24-27-9-7-26(23-35)8-10-27)34(41)29-16-17-31-30(22-29)38-32(40(31)20-6-21-42-4-2)18-13-25-11-14-28(15-12-25)33(36)37/h7-12,14-17,22H,3-6,13,18-21,23-24,35H2,1-2H3,(H3,36,37). The maximum absolute atomic E-state index is 13.8. The topological polar surface area (TPSA) is 123 Å². The molecule has 8 heteroatoms. The van der Waals surface area contributed by atoms with E-state index in [4.69, 9.17) is 26.6 Å². The number of carbonyl (C=O) groups excluding carboxylic acids is 1. The highest BCUT2D eigenvalue weighted by Gasteiger charge is 2.19. The second-order valence-electron chi connectivity index (χ2n) is 10.6. The number of amides is 1. The van der Waals surface area contributed by atoms with E-state index in [0.717, 1.165) is 77.8 Å². The first kappa shape index (κ1) is 30.9. The third kappa shape index (κ3) is 8.05. The summed E-state index contributed by atoms with van der Waals surface area (Å²) in [5.74, 6) is 1.08. The molecule has 0 spiro atoms. The zero-order chi connectivity index (χ0) is 29.9. The molecule has 0 atom stereocenters. The van der Waals surface area contributed by atoms with E-state index in [1.165, 1.54) is 0 Å². The van der Waals surface area contributed by atoms with Gasteiger partial charge in [-0.1, -0.05) is 61.9 Å². The lowest BCUT2D eigenvalue weighted by Gasteiger charge is -2.23. The van der Waals surface area contributed by atoms with Crippen molar-refractivity contribution in [1.29, 1.82) is 5.41 Å². The smallest absolute Gasteiger partial charge is 0.254 e. The summed E-state index contributed by atoms with van der Waals surface area (Å²) in [5.41, 5.74) is 18.0. The zero-order valence-corrected chi connectivity index (χ0v) is 24.9. The van der Waals surface area contributed by atoms with Crippen molar-refractivity contribution in [2.75, 3.05) is 19.8 Å². The van der Waals surface area contributed by atoms with Gasteiger partial charge in [0, 0.05) is 56.9 Å². The highest BCUT2D eigenvalue weighted by Crippen LogP contribution is 2.22. The van der Waals surface area contributed by atoms with Gasteiger partial charge in [-0.25, -0.2) is 4.98 Å². The minimum Gasteiger partial charge on any atom is -0.384 e. The van der Waals surface area contributed by atoms with Crippen LogP contribution in [0.25, 0.3) is 11.0 Å². The summed E-state index contributed by atoms with van der Waals surface area (Å²) in [6.45, 7) is 8.10. The Hall–Kier alpha value is -4.01. The van der Waals surface area contributed by atoms with Gasteiger partial charge in [0.1, 0.15) is 11.7 Å². The van der Waals surface area contributed by atoms with Gasteiger partial charge >= 0.3 is 0 Å². The van der Waals surface area contributed by atoms with Crippen molar-refractivity contribution in [3.63, 3.8) is 0 Å². The average molecular weight is 569 g/mol. The first-order chi connectivity index (χ1) is 20.4. The number of amidine groups is 1. The Kier molecular flexibility index (Phi) is 11.3. The monoisotopic (exact) mass is 568 g/mol. The van der Waals surface area contributed by atoms with Crippen LogP contribution in [0, 0.1) is 5.41 Å². The zero-order valence-electron chi connectivity index (χ0n) is 24.9. The minimum absolute atomic E-state index is 0.0197. The van der Waals surface area contributed by atoms with Gasteiger partial charge in [-0.15, -0.1) is 0 Å². The van der Waals surface area contributed by atoms with Gasteiger partial charge in [-0.2, -0.15) is 0 Å². The van der Waals surface area contributed by atoms with Gasteiger partial charge in [0.05, 0.1) is 11.0 Å². The van der Waals surface area contributed by atoms with Gasteiger partial charge in [-0.05, 0) is 61.1 Å². The lowest BCUT2D eigenvalue weighted by atomic mass is 10.1. The Labute approximate surface area is 249 Å². The van der Waals surface area contributed by atoms with Crippen molar-refractivity contribution in [3.8, 4) is 0 Å². The molecule has 0 aliphatic heterocycles. The maximum Gasteiger partial charge on any atom is 0.254 e. The quantitative estimate of drug-likeness (QED) is 0.0944. The SMILES string of the molecule is CCCCN(Cc1ccc(CN)cc1)C(=O)c1ccc2c(c1)nc(CCc1ccc(C(=N)N)cc1)n2CCCOCC. The molecule has 3 aromatic carbocycles. The molecule has 0 radical (unpaired) electrons. The molecule has 42 heavy (non-hydrogen) atoms. The van der Waals surface area contributed by atoms with E-state index in [2.05, 4.69) is 23.6 Å². The molecule has 8 nitrogen and oxygen atoms in total. The molecule has 0 aliphatic rings. The Bertz CT molecular complexity index is 1460. The number of unbranched alkanes of at least 4 members (excludes halogenated alkanes) is 1. The van der Waals surface area contributed by atoms with Crippen LogP contribution in [0.4, 0.5) is 0 Å². The van der Waals surface area contributed by atoms with Crippen molar-refractivity contribution in [2.45, 2.75) is 65.6 Å². The molecule has 1 aromatic heterocycles. The second kappa shape index (κ2) is 15.3. The van der Waals surface area contributed by atoms with Crippen LogP contribution in [-0.4, -0.2) is 46.0 Å². The number of benzene rings is 3. The summed E-state index contributed by atoms with van der Waals surface area (Å²) < 4.78 is 7.86. The van der Waals surface area contributed by atoms with E-state index in [-0.39, 0.29) is 11.7 Å². The molecule has 0 aliphatic carbocycles. The van der Waals surface area contributed by atoms with Crippen molar-refractivity contribution in [1.82, 2.24) is 14.5 Å². The number of fused-ring (bicyclic) bond motifs is 1. The normalized spacial score (nSPS) is 11.2. The number of nitrogens with one attached hydrogen (secondary N) is 1. The number of aromatic nitrogens is 2. The molecular formula is C34H44N6O2. The Morgan fingerprint density at radius 1 is 0.929 bits per heavy atom. The van der Waals surface area contributed by atoms with Crippen LogP contribution in [0.2, 0.25) is 0 Å². The Morgan fingerprint density at radius 3 is 2.29 bits per heavy atom. The van der Waals surface area contributed by atoms with E-state index < -0.39 is 0 Å². The number of carbonyl (C=O) groups is 1. The van der Waals surface area contributed by atoms with Crippen LogP contribution in [0.15, 0.2) is 66.7 Å². The van der Waals surface area contributed by atoms with Crippen molar-refractivity contribution < 1.29 is 9.53 Å². The number of aryl methyl sites for hydroxylation is 3. The number of ether oxygens (including phenoxy) is 1. The Balaban J connectivity index is 1.58. The lowest BCUT2D eigenvalue weighted by Crippen LogP contribution is -2.31. The largest absolute Gasteiger partial charge is 0.384 e. The van der Waals surface area contributed by atoms with E-state index in [1.807, 2.05) is 66.4 Å². The molecule has 1 amide bonds. The number of nitrogen functional groups attached to an aromatic ring is 1. The predicted octanol–water partition coefficient (Wildman–Crippen LogP) is 5.43. The fourth-order valence-electron chi connectivity index (χ4n) is 5.11. The summed E-state index contributed by atoms with van der Waals surface area (Å²) in [5, 5.41) is 7.63.